The summed E-state index contributed by atoms with van der Waals surface area (Å²) in [5, 5.41) is 14.6. The summed E-state index contributed by atoms with van der Waals surface area (Å²) in [5.41, 5.74) is 7.81. The van der Waals surface area contributed by atoms with E-state index in [1.807, 2.05) is 6.07 Å². The fraction of sp³-hybridized carbons (Fsp3) is 0.647. The van der Waals surface area contributed by atoms with Gasteiger partial charge in [0.2, 0.25) is 0 Å². The van der Waals surface area contributed by atoms with Crippen LogP contribution in [0.3, 0.4) is 0 Å². The predicted octanol–water partition coefficient (Wildman–Crippen LogP) is 4.39. The van der Waals surface area contributed by atoms with E-state index in [0.717, 1.165) is 46.0 Å². The summed E-state index contributed by atoms with van der Waals surface area (Å²) in [4.78, 5) is 0. The Hall–Kier alpha value is 0.190. The first-order chi connectivity index (χ1) is 10.4. The first-order valence-corrected chi connectivity index (χ1v) is 9.66. The van der Waals surface area contributed by atoms with Gasteiger partial charge in [-0.25, -0.2) is 0 Å². The van der Waals surface area contributed by atoms with E-state index in [-0.39, 0.29) is 17.9 Å². The lowest BCUT2D eigenvalue weighted by Gasteiger charge is -2.60. The number of aliphatic hydroxyl groups is 1. The van der Waals surface area contributed by atoms with E-state index >= 15 is 0 Å². The molecule has 0 heterocycles. The second-order valence-electron chi connectivity index (χ2n) is 7.78. The minimum Gasteiger partial charge on any atom is -0.398 e. The largest absolute Gasteiger partial charge is 0.398 e. The highest BCUT2D eigenvalue weighted by molar-refractivity contribution is 9.11. The number of nitrogen functional groups attached to an aromatic ring is 1. The van der Waals surface area contributed by atoms with Crippen LogP contribution in [0.5, 0.6) is 0 Å². The maximum atomic E-state index is 10.8. The van der Waals surface area contributed by atoms with Crippen LogP contribution >= 0.6 is 44.3 Å². The molecule has 4 aliphatic carbocycles. The average Bonchev–Trinajstić information content (AvgIpc) is 2.38. The Morgan fingerprint density at radius 1 is 1.17 bits per heavy atom. The Morgan fingerprint density at radius 2 is 1.83 bits per heavy atom. The van der Waals surface area contributed by atoms with E-state index in [1.165, 1.54) is 19.3 Å². The van der Waals surface area contributed by atoms with Crippen LogP contribution < -0.4 is 11.1 Å². The molecule has 4 fully saturated rings. The van der Waals surface area contributed by atoms with Gasteiger partial charge in [-0.05, 0) is 84.0 Å². The van der Waals surface area contributed by atoms with Crippen molar-refractivity contribution in [3.8, 4) is 0 Å². The van der Waals surface area contributed by atoms with E-state index in [9.17, 15) is 5.11 Å². The molecule has 0 aromatic heterocycles. The van der Waals surface area contributed by atoms with Crippen molar-refractivity contribution in [1.29, 1.82) is 0 Å². The van der Waals surface area contributed by atoms with Gasteiger partial charge < -0.3 is 16.2 Å². The Balaban J connectivity index is 0.00000156. The summed E-state index contributed by atoms with van der Waals surface area (Å²) in [5.74, 6) is 1.40. The zero-order valence-electron chi connectivity index (χ0n) is 12.9. The molecule has 128 valence electrons. The first kappa shape index (κ1) is 18.0. The van der Waals surface area contributed by atoms with Crippen molar-refractivity contribution >= 4 is 50.0 Å². The summed E-state index contributed by atoms with van der Waals surface area (Å²) in [6, 6.07) is 4.06. The number of anilines is 1. The summed E-state index contributed by atoms with van der Waals surface area (Å²) in [6.07, 6.45) is 6.66. The van der Waals surface area contributed by atoms with Crippen LogP contribution in [0.25, 0.3) is 0 Å². The maximum Gasteiger partial charge on any atom is 0.0670 e. The molecular weight excluding hydrogens is 443 g/mol. The molecule has 1 aromatic carbocycles. The molecule has 0 radical (unpaired) electrons. The lowest BCUT2D eigenvalue weighted by atomic mass is 9.51. The number of rotatable bonds is 3. The second-order valence-corrected chi connectivity index (χ2v) is 9.55. The third-order valence-corrected chi connectivity index (χ3v) is 6.98. The second kappa shape index (κ2) is 6.17. The number of hydrogen-bond donors (Lipinski definition) is 3. The molecule has 4 aliphatic rings. The van der Waals surface area contributed by atoms with Crippen molar-refractivity contribution < 1.29 is 5.11 Å². The van der Waals surface area contributed by atoms with Crippen LogP contribution in [0.2, 0.25) is 0 Å². The zero-order chi connectivity index (χ0) is 15.5. The van der Waals surface area contributed by atoms with Crippen LogP contribution in [0.1, 0.15) is 44.1 Å². The molecule has 23 heavy (non-hydrogen) atoms. The smallest absolute Gasteiger partial charge is 0.0670 e. The quantitative estimate of drug-likeness (QED) is 0.579. The third kappa shape index (κ3) is 3.32. The van der Waals surface area contributed by atoms with E-state index in [2.05, 4.69) is 43.2 Å². The summed E-state index contributed by atoms with van der Waals surface area (Å²) in [7, 11) is 0. The molecule has 2 unspecified atom stereocenters. The zero-order valence-corrected chi connectivity index (χ0v) is 16.9. The van der Waals surface area contributed by atoms with Crippen molar-refractivity contribution in [2.45, 2.75) is 56.2 Å². The monoisotopic (exact) mass is 464 g/mol. The van der Waals surface area contributed by atoms with Gasteiger partial charge in [0, 0.05) is 21.0 Å². The standard InChI is InChI=1S/C17H22Br2N2O.ClH/c18-13-2-12(15(20)14(19)3-13)8-21-16-4-10-1-11(5-16)7-17(22,6-10)9-16;/h2-3,10-11,21-22H,1,4-9,20H2;1H. The molecule has 5 rings (SSSR count). The van der Waals surface area contributed by atoms with Gasteiger partial charge in [-0.1, -0.05) is 15.9 Å². The number of benzene rings is 1. The molecular formula is C17H23Br2ClN2O. The van der Waals surface area contributed by atoms with Crippen LogP contribution in [-0.2, 0) is 6.54 Å². The highest BCUT2D eigenvalue weighted by Gasteiger charge is 2.56. The average molecular weight is 467 g/mol. The molecule has 0 saturated heterocycles. The molecule has 0 spiro atoms. The predicted molar refractivity (Wildman–Crippen MR) is 103 cm³/mol. The summed E-state index contributed by atoms with van der Waals surface area (Å²) < 4.78 is 1.97. The van der Waals surface area contributed by atoms with Crippen LogP contribution in [0.4, 0.5) is 5.69 Å². The van der Waals surface area contributed by atoms with Crippen molar-refractivity contribution in [3.05, 3.63) is 26.6 Å². The Morgan fingerprint density at radius 3 is 2.43 bits per heavy atom. The summed E-state index contributed by atoms with van der Waals surface area (Å²) in [6.45, 7) is 0.763. The molecule has 4 bridgehead atoms. The van der Waals surface area contributed by atoms with Crippen molar-refractivity contribution in [2.24, 2.45) is 11.8 Å². The van der Waals surface area contributed by atoms with Gasteiger partial charge in [-0.3, -0.25) is 0 Å². The molecule has 2 atom stereocenters. The van der Waals surface area contributed by atoms with Gasteiger partial charge in [0.25, 0.3) is 0 Å². The molecule has 1 aromatic rings. The molecule has 6 heteroatoms. The molecule has 0 amide bonds. The van der Waals surface area contributed by atoms with Gasteiger partial charge in [-0.15, -0.1) is 12.4 Å². The van der Waals surface area contributed by atoms with Crippen LogP contribution in [0.15, 0.2) is 21.1 Å². The topological polar surface area (TPSA) is 58.3 Å². The normalized spacial score (nSPS) is 37.7. The van der Waals surface area contributed by atoms with Crippen LogP contribution in [0, 0.1) is 11.8 Å². The molecule has 0 aliphatic heterocycles. The lowest BCUT2D eigenvalue weighted by molar-refractivity contribution is -0.142. The van der Waals surface area contributed by atoms with Gasteiger partial charge in [0.15, 0.2) is 0 Å². The third-order valence-electron chi connectivity index (χ3n) is 5.86. The maximum absolute atomic E-state index is 10.8. The fourth-order valence-electron chi connectivity index (χ4n) is 5.49. The molecule has 4 saturated carbocycles. The number of nitrogens with one attached hydrogen (secondary N) is 1. The lowest BCUT2D eigenvalue weighted by Crippen LogP contribution is -2.64. The number of nitrogens with two attached hydrogens (primary N) is 1. The van der Waals surface area contributed by atoms with E-state index in [0.29, 0.717) is 11.8 Å². The fourth-order valence-corrected chi connectivity index (χ4v) is 6.80. The SMILES string of the molecule is Cl.Nc1c(Br)cc(Br)cc1CNC12CC3CC(CC(O)(C3)C1)C2. The van der Waals surface area contributed by atoms with E-state index in [4.69, 9.17) is 5.73 Å². The van der Waals surface area contributed by atoms with Crippen molar-refractivity contribution in [2.75, 3.05) is 5.73 Å². The Labute approximate surface area is 160 Å². The highest BCUT2D eigenvalue weighted by Crippen LogP contribution is 2.57. The minimum atomic E-state index is -0.416. The first-order valence-electron chi connectivity index (χ1n) is 8.07. The van der Waals surface area contributed by atoms with Crippen molar-refractivity contribution in [3.63, 3.8) is 0 Å². The van der Waals surface area contributed by atoms with Gasteiger partial charge >= 0.3 is 0 Å². The van der Waals surface area contributed by atoms with Gasteiger partial charge in [0.1, 0.15) is 0 Å². The number of hydrogen-bond acceptors (Lipinski definition) is 3. The van der Waals surface area contributed by atoms with Gasteiger partial charge in [-0.2, -0.15) is 0 Å². The summed E-state index contributed by atoms with van der Waals surface area (Å²) >= 11 is 7.05. The number of halogens is 3. The Bertz CT molecular complexity index is 611. The van der Waals surface area contributed by atoms with E-state index < -0.39 is 5.60 Å². The Kier molecular flexibility index (Phi) is 4.83. The molecule has 4 N–H and O–H groups in total. The molecule has 3 nitrogen and oxygen atoms in total. The highest BCUT2D eigenvalue weighted by atomic mass is 79.9. The van der Waals surface area contributed by atoms with Crippen LogP contribution in [-0.4, -0.2) is 16.2 Å². The van der Waals surface area contributed by atoms with E-state index in [1.54, 1.807) is 0 Å². The van der Waals surface area contributed by atoms with Gasteiger partial charge in [0.05, 0.1) is 11.3 Å². The minimum absolute atomic E-state index is 0. The van der Waals surface area contributed by atoms with Crippen molar-refractivity contribution in [1.82, 2.24) is 5.32 Å².